The van der Waals surface area contributed by atoms with Crippen LogP contribution < -0.4 is 9.61 Å². The van der Waals surface area contributed by atoms with Crippen LogP contribution >= 0.6 is 7.52 Å². The van der Waals surface area contributed by atoms with Gasteiger partial charge < -0.3 is 9.26 Å². The highest BCUT2D eigenvalue weighted by Gasteiger charge is 2.36. The quantitative estimate of drug-likeness (QED) is 0.383. The molecule has 9 nitrogen and oxygen atoms in total. The molecule has 10 heteroatoms. The van der Waals surface area contributed by atoms with Gasteiger partial charge >= 0.3 is 13.5 Å². The fourth-order valence-electron chi connectivity index (χ4n) is 2.26. The second kappa shape index (κ2) is 9.12. The second-order valence-corrected chi connectivity index (χ2v) is 8.30. The summed E-state index contributed by atoms with van der Waals surface area (Å²) in [4.78, 5) is 40.5. The third-order valence-corrected chi connectivity index (χ3v) is 5.20. The smallest absolute Gasteiger partial charge is 0.345 e. The summed E-state index contributed by atoms with van der Waals surface area (Å²) in [6.07, 6.45) is -0.883. The van der Waals surface area contributed by atoms with Gasteiger partial charge in [-0.3, -0.25) is 23.8 Å². The van der Waals surface area contributed by atoms with E-state index < -0.39 is 37.7 Å². The maximum absolute atomic E-state index is 13.2. The summed E-state index contributed by atoms with van der Waals surface area (Å²) >= 11 is 0. The Morgan fingerprint density at radius 3 is 2.30 bits per heavy atom. The average molecular weight is 398 g/mol. The van der Waals surface area contributed by atoms with E-state index in [0.29, 0.717) is 5.06 Å². The maximum Gasteiger partial charge on any atom is 0.345 e. The SMILES string of the molecule is CC(C)OC(=O)[C@H](C)NP(=O)(CON1C(=O)CCC1=O)Oc1ccccc1. The number of imide groups is 1. The van der Waals surface area contributed by atoms with Crippen LogP contribution in [0.25, 0.3) is 0 Å². The molecular weight excluding hydrogens is 375 g/mol. The van der Waals surface area contributed by atoms with Gasteiger partial charge in [-0.2, -0.15) is 5.06 Å². The molecular formula is C17H23N2O7P. The van der Waals surface area contributed by atoms with Crippen LogP contribution in [0.1, 0.15) is 33.6 Å². The Bertz CT molecular complexity index is 722. The number of hydrogen-bond donors (Lipinski definition) is 1. The molecule has 2 amide bonds. The molecule has 1 saturated heterocycles. The number of amides is 2. The zero-order valence-electron chi connectivity index (χ0n) is 15.4. The average Bonchev–Trinajstić information content (AvgIpc) is 2.91. The first-order chi connectivity index (χ1) is 12.7. The Balaban J connectivity index is 2.12. The van der Waals surface area contributed by atoms with Gasteiger partial charge in [0.05, 0.1) is 6.10 Å². The Hall–Kier alpha value is -2.22. The molecule has 148 valence electrons. The van der Waals surface area contributed by atoms with E-state index in [-0.39, 0.29) is 24.7 Å². The number of ether oxygens (including phenoxy) is 1. The summed E-state index contributed by atoms with van der Waals surface area (Å²) in [6, 6.07) is 7.33. The molecule has 0 saturated carbocycles. The van der Waals surface area contributed by atoms with Crippen LogP contribution in [0.5, 0.6) is 5.75 Å². The van der Waals surface area contributed by atoms with E-state index in [1.54, 1.807) is 44.2 Å². The third kappa shape index (κ3) is 6.16. The first-order valence-electron chi connectivity index (χ1n) is 8.51. The molecule has 1 aliphatic heterocycles. The normalized spacial score (nSPS) is 17.7. The van der Waals surface area contributed by atoms with Crippen molar-refractivity contribution >= 4 is 25.3 Å². The number of hydroxylamine groups is 2. The highest BCUT2D eigenvalue weighted by molar-refractivity contribution is 7.57. The van der Waals surface area contributed by atoms with E-state index >= 15 is 0 Å². The number of carbonyl (C=O) groups is 3. The highest BCUT2D eigenvalue weighted by atomic mass is 31.2. The fraction of sp³-hybridized carbons (Fsp3) is 0.471. The predicted molar refractivity (Wildman–Crippen MR) is 95.5 cm³/mol. The number of rotatable bonds is 9. The Morgan fingerprint density at radius 2 is 1.74 bits per heavy atom. The van der Waals surface area contributed by atoms with Crippen LogP contribution in [0.15, 0.2) is 30.3 Å². The summed E-state index contributed by atoms with van der Waals surface area (Å²) in [6.45, 7) is 4.86. The van der Waals surface area contributed by atoms with Crippen LogP contribution in [0.2, 0.25) is 0 Å². The lowest BCUT2D eigenvalue weighted by Gasteiger charge is -2.25. The minimum Gasteiger partial charge on any atom is -0.462 e. The molecule has 2 rings (SSSR count). The van der Waals surface area contributed by atoms with Gasteiger partial charge in [-0.05, 0) is 32.9 Å². The van der Waals surface area contributed by atoms with Crippen LogP contribution in [0.4, 0.5) is 0 Å². The Kier molecular flexibility index (Phi) is 7.12. The molecule has 0 spiro atoms. The topological polar surface area (TPSA) is 111 Å². The predicted octanol–water partition coefficient (Wildman–Crippen LogP) is 2.23. The van der Waals surface area contributed by atoms with Gasteiger partial charge in [0.15, 0.2) is 6.35 Å². The molecule has 1 heterocycles. The summed E-state index contributed by atoms with van der Waals surface area (Å²) < 4.78 is 23.8. The molecule has 1 unspecified atom stereocenters. The standard InChI is InChI=1S/C17H23N2O7P/c1-12(2)25-17(22)13(3)18-27(23,26-14-7-5-4-6-8-14)11-24-19-15(20)9-10-16(19)21/h4-8,12-13H,9-11H2,1-3H3,(H,18,23)/t13-,27?/m0/s1. The van der Waals surface area contributed by atoms with Crippen LogP contribution in [0, 0.1) is 0 Å². The third-order valence-electron chi connectivity index (χ3n) is 3.45. The van der Waals surface area contributed by atoms with Crippen molar-refractivity contribution in [2.24, 2.45) is 0 Å². The van der Waals surface area contributed by atoms with E-state index in [1.165, 1.54) is 6.92 Å². The van der Waals surface area contributed by atoms with Gasteiger partial charge in [0.25, 0.3) is 11.8 Å². The summed E-state index contributed by atoms with van der Waals surface area (Å²) in [5, 5.41) is 3.17. The lowest BCUT2D eigenvalue weighted by atomic mass is 10.3. The second-order valence-electron chi connectivity index (χ2n) is 6.25. The number of carbonyl (C=O) groups excluding carboxylic acids is 3. The van der Waals surface area contributed by atoms with E-state index in [2.05, 4.69) is 5.09 Å². The Morgan fingerprint density at radius 1 is 1.15 bits per heavy atom. The number of para-hydroxylation sites is 1. The van der Waals surface area contributed by atoms with E-state index in [0.717, 1.165) is 0 Å². The molecule has 0 aromatic heterocycles. The number of hydrogen-bond acceptors (Lipinski definition) is 7. The Labute approximate surface area is 157 Å². The number of nitrogens with one attached hydrogen (secondary N) is 1. The van der Waals surface area contributed by atoms with Crippen LogP contribution in [-0.4, -0.2) is 41.3 Å². The molecule has 0 bridgehead atoms. The van der Waals surface area contributed by atoms with E-state index in [4.69, 9.17) is 14.1 Å². The lowest BCUT2D eigenvalue weighted by Crippen LogP contribution is -2.38. The van der Waals surface area contributed by atoms with Crippen molar-refractivity contribution in [3.8, 4) is 5.75 Å². The van der Waals surface area contributed by atoms with Crippen molar-refractivity contribution in [3.63, 3.8) is 0 Å². The molecule has 1 fully saturated rings. The largest absolute Gasteiger partial charge is 0.462 e. The van der Waals surface area contributed by atoms with Gasteiger partial charge in [0, 0.05) is 12.8 Å². The highest BCUT2D eigenvalue weighted by Crippen LogP contribution is 2.44. The molecule has 27 heavy (non-hydrogen) atoms. The van der Waals surface area contributed by atoms with Crippen molar-refractivity contribution in [1.29, 1.82) is 0 Å². The zero-order chi connectivity index (χ0) is 20.0. The monoisotopic (exact) mass is 398 g/mol. The summed E-state index contributed by atoms with van der Waals surface area (Å²) in [7, 11) is -3.82. The molecule has 0 radical (unpaired) electrons. The summed E-state index contributed by atoms with van der Waals surface area (Å²) in [5.41, 5.74) is 0. The number of nitrogens with zero attached hydrogens (tertiary/aromatic N) is 1. The molecule has 1 aliphatic rings. The zero-order valence-corrected chi connectivity index (χ0v) is 16.3. The molecule has 1 N–H and O–H groups in total. The van der Waals surface area contributed by atoms with Crippen LogP contribution in [0.3, 0.4) is 0 Å². The van der Waals surface area contributed by atoms with Crippen molar-refractivity contribution in [2.45, 2.75) is 45.8 Å². The van der Waals surface area contributed by atoms with Crippen LogP contribution in [-0.2, 0) is 28.5 Å². The number of benzene rings is 1. The first kappa shape index (κ1) is 21.1. The van der Waals surface area contributed by atoms with Crippen molar-refractivity contribution in [1.82, 2.24) is 10.2 Å². The lowest BCUT2D eigenvalue weighted by molar-refractivity contribution is -0.182. The van der Waals surface area contributed by atoms with Crippen molar-refractivity contribution in [3.05, 3.63) is 30.3 Å². The van der Waals surface area contributed by atoms with Gasteiger partial charge in [0.2, 0.25) is 0 Å². The minimum absolute atomic E-state index is 0.0349. The molecule has 0 aliphatic carbocycles. The summed E-state index contributed by atoms with van der Waals surface area (Å²) in [5.74, 6) is -1.37. The number of esters is 1. The van der Waals surface area contributed by atoms with Crippen molar-refractivity contribution < 1.29 is 33.0 Å². The van der Waals surface area contributed by atoms with E-state index in [9.17, 15) is 18.9 Å². The van der Waals surface area contributed by atoms with Gasteiger partial charge in [-0.25, -0.2) is 5.09 Å². The minimum atomic E-state index is -3.82. The molecule has 1 aromatic carbocycles. The first-order valence-corrected chi connectivity index (χ1v) is 10.3. The van der Waals surface area contributed by atoms with E-state index in [1.807, 2.05) is 0 Å². The molecule has 2 atom stereocenters. The van der Waals surface area contributed by atoms with Gasteiger partial charge in [-0.15, -0.1) is 0 Å². The van der Waals surface area contributed by atoms with Gasteiger partial charge in [0.1, 0.15) is 11.8 Å². The fourth-order valence-corrected chi connectivity index (χ4v) is 3.86. The molecule has 1 aromatic rings. The maximum atomic E-state index is 13.2. The van der Waals surface area contributed by atoms with Gasteiger partial charge in [-0.1, -0.05) is 18.2 Å². The van der Waals surface area contributed by atoms with Crippen molar-refractivity contribution in [2.75, 3.05) is 6.35 Å².